The van der Waals surface area contributed by atoms with Gasteiger partial charge in [0.1, 0.15) is 0 Å². The summed E-state index contributed by atoms with van der Waals surface area (Å²) in [4.78, 5) is 10.1. The molecule has 1 aliphatic carbocycles. The van der Waals surface area contributed by atoms with E-state index in [9.17, 15) is 9.90 Å². The summed E-state index contributed by atoms with van der Waals surface area (Å²) in [6.45, 7) is 3.90. The molecule has 0 aromatic heterocycles. The maximum atomic E-state index is 10.1. The number of aliphatic hydroxyl groups excluding tert-OH is 1. The van der Waals surface area contributed by atoms with Crippen LogP contribution in [0.5, 0.6) is 0 Å². The Labute approximate surface area is 77.3 Å². The van der Waals surface area contributed by atoms with Gasteiger partial charge in [-0.1, -0.05) is 13.8 Å². The van der Waals surface area contributed by atoms with Gasteiger partial charge in [-0.2, -0.15) is 0 Å². The third-order valence-corrected chi connectivity index (χ3v) is 2.74. The number of aliphatic carboxylic acids is 1. The van der Waals surface area contributed by atoms with Crippen LogP contribution in [0.15, 0.2) is 12.3 Å². The lowest BCUT2D eigenvalue weighted by molar-refractivity contribution is -0.131. The Kier molecular flexibility index (Phi) is 2.61. The summed E-state index contributed by atoms with van der Waals surface area (Å²) in [7, 11) is 0. The van der Waals surface area contributed by atoms with E-state index in [4.69, 9.17) is 5.11 Å². The lowest BCUT2D eigenvalue weighted by atomic mass is 9.65. The average molecular weight is 185 g/mol. The second-order valence-corrected chi connectivity index (χ2v) is 3.96. The Bertz CT molecular complexity index is 235. The first-order chi connectivity index (χ1) is 5.94. The number of aliphatic hydroxyl groups is 1. The van der Waals surface area contributed by atoms with Crippen molar-refractivity contribution in [1.29, 1.82) is 0 Å². The largest absolute Gasteiger partial charge is 0.478 e. The molecule has 74 valence electrons. The highest BCUT2D eigenvalue weighted by Gasteiger charge is 2.46. The molecule has 3 N–H and O–H groups in total. The maximum absolute atomic E-state index is 10.1. The van der Waals surface area contributed by atoms with Crippen molar-refractivity contribution >= 4 is 5.97 Å². The molecule has 2 atom stereocenters. The van der Waals surface area contributed by atoms with Crippen molar-refractivity contribution in [3.8, 4) is 0 Å². The highest BCUT2D eigenvalue weighted by atomic mass is 16.4. The average Bonchev–Trinajstić information content (AvgIpc) is 2.02. The third kappa shape index (κ3) is 2.01. The summed E-state index contributed by atoms with van der Waals surface area (Å²) in [6.07, 6.45) is 2.86. The zero-order valence-corrected chi connectivity index (χ0v) is 7.82. The molecule has 4 heteroatoms. The van der Waals surface area contributed by atoms with Crippen LogP contribution in [0.25, 0.3) is 0 Å². The van der Waals surface area contributed by atoms with Gasteiger partial charge < -0.3 is 15.5 Å². The minimum Gasteiger partial charge on any atom is -0.478 e. The molecule has 0 aromatic rings. The van der Waals surface area contributed by atoms with Gasteiger partial charge >= 0.3 is 5.97 Å². The fraction of sp³-hybridized carbons (Fsp3) is 0.667. The predicted octanol–water partition coefficient (Wildman–Crippen LogP) is 0.334. The summed E-state index contributed by atoms with van der Waals surface area (Å²) in [5.74, 6) is -0.967. The number of carboxylic acid groups (broad SMARTS) is 1. The standard InChI is InChI=1S/C9H15NO3/c1-9(2)6(5-7(9)11)10-4-3-8(12)13/h3-4,6-7,10-11H,5H2,1-2H3,(H,12,13)/b4-3+. The van der Waals surface area contributed by atoms with E-state index in [0.717, 1.165) is 6.08 Å². The molecule has 0 bridgehead atoms. The Morgan fingerprint density at radius 1 is 1.62 bits per heavy atom. The van der Waals surface area contributed by atoms with Crippen molar-refractivity contribution in [2.24, 2.45) is 5.41 Å². The molecule has 0 saturated heterocycles. The highest BCUT2D eigenvalue weighted by molar-refractivity contribution is 5.79. The molecule has 2 unspecified atom stereocenters. The quantitative estimate of drug-likeness (QED) is 0.554. The molecule has 0 aliphatic heterocycles. The van der Waals surface area contributed by atoms with E-state index in [1.54, 1.807) is 0 Å². The van der Waals surface area contributed by atoms with Crippen LogP contribution in [0.4, 0.5) is 0 Å². The first-order valence-corrected chi connectivity index (χ1v) is 4.28. The molecular formula is C9H15NO3. The van der Waals surface area contributed by atoms with Crippen LogP contribution in [0.3, 0.4) is 0 Å². The van der Waals surface area contributed by atoms with Gasteiger partial charge in [0.25, 0.3) is 0 Å². The second-order valence-electron chi connectivity index (χ2n) is 3.96. The van der Waals surface area contributed by atoms with Gasteiger partial charge in [0, 0.05) is 23.7 Å². The van der Waals surface area contributed by atoms with E-state index in [1.165, 1.54) is 6.20 Å². The fourth-order valence-corrected chi connectivity index (χ4v) is 1.42. The lowest BCUT2D eigenvalue weighted by Crippen LogP contribution is -2.58. The third-order valence-electron chi connectivity index (χ3n) is 2.74. The molecule has 1 rings (SSSR count). The van der Waals surface area contributed by atoms with Crippen LogP contribution in [-0.2, 0) is 4.79 Å². The topological polar surface area (TPSA) is 69.6 Å². The first kappa shape index (κ1) is 10.1. The Hall–Kier alpha value is -1.03. The van der Waals surface area contributed by atoms with Crippen LogP contribution < -0.4 is 5.32 Å². The molecule has 4 nitrogen and oxygen atoms in total. The van der Waals surface area contributed by atoms with Gasteiger partial charge in [-0.3, -0.25) is 0 Å². The number of nitrogens with one attached hydrogen (secondary N) is 1. The molecule has 1 fully saturated rings. The molecule has 0 radical (unpaired) electrons. The van der Waals surface area contributed by atoms with E-state index in [-0.39, 0.29) is 17.6 Å². The van der Waals surface area contributed by atoms with E-state index in [0.29, 0.717) is 6.42 Å². The molecular weight excluding hydrogens is 170 g/mol. The van der Waals surface area contributed by atoms with Crippen LogP contribution in [0, 0.1) is 5.41 Å². The number of carboxylic acids is 1. The van der Waals surface area contributed by atoms with E-state index in [2.05, 4.69) is 5.32 Å². The summed E-state index contributed by atoms with van der Waals surface area (Å²) in [6, 6.07) is 0.165. The van der Waals surface area contributed by atoms with Gasteiger partial charge in [-0.05, 0) is 6.42 Å². The SMILES string of the molecule is CC1(C)C(O)CC1N/C=C/C(=O)O. The van der Waals surface area contributed by atoms with E-state index >= 15 is 0 Å². The van der Waals surface area contributed by atoms with E-state index < -0.39 is 5.97 Å². The van der Waals surface area contributed by atoms with Gasteiger partial charge in [-0.15, -0.1) is 0 Å². The van der Waals surface area contributed by atoms with Crippen LogP contribution >= 0.6 is 0 Å². The molecule has 0 spiro atoms. The zero-order valence-electron chi connectivity index (χ0n) is 7.82. The summed E-state index contributed by atoms with van der Waals surface area (Å²) < 4.78 is 0. The van der Waals surface area contributed by atoms with Crippen molar-refractivity contribution in [2.75, 3.05) is 0 Å². The maximum Gasteiger partial charge on any atom is 0.329 e. The van der Waals surface area contributed by atoms with Gasteiger partial charge in [0.2, 0.25) is 0 Å². The Morgan fingerprint density at radius 2 is 2.23 bits per heavy atom. The van der Waals surface area contributed by atoms with Crippen LogP contribution in [0.1, 0.15) is 20.3 Å². The zero-order chi connectivity index (χ0) is 10.1. The monoisotopic (exact) mass is 185 g/mol. The summed E-state index contributed by atoms with van der Waals surface area (Å²) >= 11 is 0. The van der Waals surface area contributed by atoms with Crippen molar-refractivity contribution in [2.45, 2.75) is 32.4 Å². The van der Waals surface area contributed by atoms with E-state index in [1.807, 2.05) is 13.8 Å². The van der Waals surface area contributed by atoms with Crippen molar-refractivity contribution in [3.05, 3.63) is 12.3 Å². The van der Waals surface area contributed by atoms with Gasteiger partial charge in [-0.25, -0.2) is 4.79 Å². The smallest absolute Gasteiger partial charge is 0.329 e. The van der Waals surface area contributed by atoms with Crippen LogP contribution in [-0.4, -0.2) is 28.3 Å². The van der Waals surface area contributed by atoms with Gasteiger partial charge in [0.05, 0.1) is 6.10 Å². The Morgan fingerprint density at radius 3 is 2.62 bits per heavy atom. The molecule has 0 aromatic carbocycles. The number of carbonyl (C=O) groups is 1. The number of hydrogen-bond acceptors (Lipinski definition) is 3. The highest BCUT2D eigenvalue weighted by Crippen LogP contribution is 2.40. The molecule has 1 aliphatic rings. The van der Waals surface area contributed by atoms with Crippen molar-refractivity contribution in [3.63, 3.8) is 0 Å². The second kappa shape index (κ2) is 3.38. The van der Waals surface area contributed by atoms with Crippen molar-refractivity contribution in [1.82, 2.24) is 5.32 Å². The molecule has 0 amide bonds. The summed E-state index contributed by atoms with van der Waals surface area (Å²) in [5, 5.41) is 20.6. The normalized spacial score (nSPS) is 31.3. The molecule has 0 heterocycles. The minimum atomic E-state index is -0.967. The van der Waals surface area contributed by atoms with Crippen LogP contribution in [0.2, 0.25) is 0 Å². The number of hydrogen-bond donors (Lipinski definition) is 3. The number of rotatable bonds is 3. The lowest BCUT2D eigenvalue weighted by Gasteiger charge is -2.49. The Balaban J connectivity index is 2.37. The predicted molar refractivity (Wildman–Crippen MR) is 48.1 cm³/mol. The fourth-order valence-electron chi connectivity index (χ4n) is 1.42. The molecule has 1 saturated carbocycles. The minimum absolute atomic E-state index is 0.164. The van der Waals surface area contributed by atoms with Crippen molar-refractivity contribution < 1.29 is 15.0 Å². The summed E-state index contributed by atoms with van der Waals surface area (Å²) in [5.41, 5.74) is -0.164. The first-order valence-electron chi connectivity index (χ1n) is 4.28. The molecule has 13 heavy (non-hydrogen) atoms. The van der Waals surface area contributed by atoms with Gasteiger partial charge in [0.15, 0.2) is 0 Å².